The first-order valence-electron chi connectivity index (χ1n) is 18.9. The molecule has 234 valence electrons. The van der Waals surface area contributed by atoms with Crippen molar-refractivity contribution in [3.05, 3.63) is 176 Å². The molecule has 0 aliphatic heterocycles. The summed E-state index contributed by atoms with van der Waals surface area (Å²) in [5, 5.41) is 3.57. The van der Waals surface area contributed by atoms with Gasteiger partial charge in [0.15, 0.2) is 11.6 Å². The Kier molecular flexibility index (Phi) is 5.35. The van der Waals surface area contributed by atoms with Crippen LogP contribution in [0.25, 0.3) is 89.2 Å². The molecule has 3 aromatic heterocycles. The van der Waals surface area contributed by atoms with Crippen molar-refractivity contribution in [3.63, 3.8) is 0 Å². The standard InChI is InChI=1S/C45H29N5/c1-4-16-30(17-5-1)33-22-10-11-25-36(33)44-46-43(31-18-6-2-7-19-31)47-45(48-44)50-40-27-15-13-24-35(40)38-28-41-37(29-42(38)50)34-23-12-14-26-39(34)49(41)32-20-8-3-9-21-32/h1-29H/i3D,8D,9D,20D,21D. The number of fused-ring (bicyclic) bond motifs is 6. The van der Waals surface area contributed by atoms with E-state index in [0.717, 1.165) is 60.3 Å². The second kappa shape index (κ2) is 11.4. The predicted octanol–water partition coefficient (Wildman–Crippen LogP) is 11.1. The molecule has 5 nitrogen and oxygen atoms in total. The van der Waals surface area contributed by atoms with Crippen LogP contribution < -0.4 is 0 Å². The number of hydrogen-bond donors (Lipinski definition) is 0. The molecular formula is C45H29N5. The van der Waals surface area contributed by atoms with Crippen LogP contribution in [0.3, 0.4) is 0 Å². The topological polar surface area (TPSA) is 48.5 Å². The molecule has 0 saturated carbocycles. The predicted molar refractivity (Wildman–Crippen MR) is 205 cm³/mol. The quantitative estimate of drug-likeness (QED) is 0.187. The zero-order chi connectivity index (χ0) is 37.4. The van der Waals surface area contributed by atoms with E-state index >= 15 is 0 Å². The third-order valence-corrected chi connectivity index (χ3v) is 9.28. The Morgan fingerprint density at radius 2 is 0.920 bits per heavy atom. The van der Waals surface area contributed by atoms with Crippen molar-refractivity contribution in [2.24, 2.45) is 0 Å². The highest BCUT2D eigenvalue weighted by Crippen LogP contribution is 2.40. The van der Waals surface area contributed by atoms with Crippen molar-refractivity contribution >= 4 is 43.6 Å². The average Bonchev–Trinajstić information content (AvgIpc) is 3.74. The van der Waals surface area contributed by atoms with Crippen molar-refractivity contribution in [1.29, 1.82) is 0 Å². The highest BCUT2D eigenvalue weighted by atomic mass is 15.2. The molecule has 0 radical (unpaired) electrons. The van der Waals surface area contributed by atoms with Gasteiger partial charge in [0, 0.05) is 38.4 Å². The summed E-state index contributed by atoms with van der Waals surface area (Å²) in [7, 11) is 0. The maximum absolute atomic E-state index is 8.90. The zero-order valence-corrected chi connectivity index (χ0v) is 26.6. The number of para-hydroxylation sites is 3. The van der Waals surface area contributed by atoms with Gasteiger partial charge in [-0.05, 0) is 47.5 Å². The Morgan fingerprint density at radius 1 is 0.400 bits per heavy atom. The second-order valence-corrected chi connectivity index (χ2v) is 12.1. The Labute approximate surface area is 295 Å². The summed E-state index contributed by atoms with van der Waals surface area (Å²) >= 11 is 0. The van der Waals surface area contributed by atoms with Crippen molar-refractivity contribution in [3.8, 4) is 45.5 Å². The van der Waals surface area contributed by atoms with Gasteiger partial charge in [0.1, 0.15) is 0 Å². The zero-order valence-electron chi connectivity index (χ0n) is 31.6. The molecule has 10 rings (SSSR count). The lowest BCUT2D eigenvalue weighted by atomic mass is 9.99. The van der Waals surface area contributed by atoms with Crippen LogP contribution in [0.5, 0.6) is 0 Å². The summed E-state index contributed by atoms with van der Waals surface area (Å²) in [5.41, 5.74) is 7.07. The third kappa shape index (κ3) is 4.45. The molecule has 0 amide bonds. The summed E-state index contributed by atoms with van der Waals surface area (Å²) in [5.74, 6) is 1.52. The van der Waals surface area contributed by atoms with Crippen LogP contribution in [0.2, 0.25) is 0 Å². The highest BCUT2D eigenvalue weighted by Gasteiger charge is 2.21. The molecule has 3 heterocycles. The minimum absolute atomic E-state index is 0.104. The number of aromatic nitrogens is 5. The van der Waals surface area contributed by atoms with Gasteiger partial charge < -0.3 is 4.57 Å². The molecule has 5 heteroatoms. The Morgan fingerprint density at radius 3 is 1.60 bits per heavy atom. The van der Waals surface area contributed by atoms with E-state index in [9.17, 15) is 0 Å². The lowest BCUT2D eigenvalue weighted by Crippen LogP contribution is -2.06. The summed E-state index contributed by atoms with van der Waals surface area (Å²) in [4.78, 5) is 15.5. The molecule has 7 aromatic carbocycles. The largest absolute Gasteiger partial charge is 0.309 e. The van der Waals surface area contributed by atoms with E-state index in [1.165, 1.54) is 0 Å². The van der Waals surface area contributed by atoms with E-state index in [2.05, 4.69) is 41.0 Å². The Bertz CT molecular complexity index is 3130. The number of rotatable bonds is 5. The molecule has 0 spiro atoms. The normalized spacial score (nSPS) is 13.0. The van der Waals surface area contributed by atoms with Gasteiger partial charge in [0.05, 0.1) is 28.9 Å². The van der Waals surface area contributed by atoms with E-state index in [1.807, 2.05) is 109 Å². The van der Waals surface area contributed by atoms with Crippen molar-refractivity contribution in [2.45, 2.75) is 0 Å². The maximum atomic E-state index is 8.90. The van der Waals surface area contributed by atoms with Crippen LogP contribution >= 0.6 is 0 Å². The summed E-state index contributed by atoms with van der Waals surface area (Å²) in [6.07, 6.45) is 0. The van der Waals surface area contributed by atoms with E-state index in [1.54, 1.807) is 4.57 Å². The lowest BCUT2D eigenvalue weighted by Gasteiger charge is -2.13. The van der Waals surface area contributed by atoms with E-state index in [-0.39, 0.29) is 29.9 Å². The van der Waals surface area contributed by atoms with Crippen LogP contribution in [-0.2, 0) is 0 Å². The first kappa shape index (κ1) is 23.5. The Balaban J connectivity index is 1.31. The van der Waals surface area contributed by atoms with E-state index < -0.39 is 6.04 Å². The molecular weight excluding hydrogens is 611 g/mol. The van der Waals surface area contributed by atoms with Crippen molar-refractivity contribution in [1.82, 2.24) is 24.1 Å². The van der Waals surface area contributed by atoms with Gasteiger partial charge in [0.25, 0.3) is 0 Å². The SMILES string of the molecule is [2H]c1c([2H])c([2H])c(-n2c3ccccc3c3cc4c(cc32)c2ccccc2n4-c2nc(-c3ccccc3)nc(-c3ccccc3-c3ccccc3)n2)c([2H])c1[2H]. The number of nitrogens with zero attached hydrogens (tertiary/aromatic N) is 5. The van der Waals surface area contributed by atoms with E-state index in [0.29, 0.717) is 23.1 Å². The van der Waals surface area contributed by atoms with Crippen LogP contribution in [0.1, 0.15) is 6.85 Å². The molecule has 0 N–H and O–H groups in total. The minimum Gasteiger partial charge on any atom is -0.309 e. The average molecular weight is 645 g/mol. The monoisotopic (exact) mass is 644 g/mol. The van der Waals surface area contributed by atoms with Gasteiger partial charge >= 0.3 is 0 Å². The number of benzene rings is 7. The summed E-state index contributed by atoms with van der Waals surface area (Å²) in [6, 6.07) is 46.5. The molecule has 0 aliphatic rings. The van der Waals surface area contributed by atoms with Crippen LogP contribution in [0.15, 0.2) is 176 Å². The molecule has 0 fully saturated rings. The fourth-order valence-corrected chi connectivity index (χ4v) is 7.09. The molecule has 50 heavy (non-hydrogen) atoms. The van der Waals surface area contributed by atoms with Gasteiger partial charge in [0.2, 0.25) is 5.95 Å². The van der Waals surface area contributed by atoms with Crippen molar-refractivity contribution < 1.29 is 6.85 Å². The Hall–Kier alpha value is -6.85. The maximum Gasteiger partial charge on any atom is 0.238 e. The smallest absolute Gasteiger partial charge is 0.238 e. The van der Waals surface area contributed by atoms with Crippen LogP contribution in [-0.4, -0.2) is 24.1 Å². The third-order valence-electron chi connectivity index (χ3n) is 9.28. The van der Waals surface area contributed by atoms with Gasteiger partial charge in [-0.2, -0.15) is 9.97 Å². The van der Waals surface area contributed by atoms with Gasteiger partial charge in [-0.1, -0.05) is 139 Å². The van der Waals surface area contributed by atoms with Crippen molar-refractivity contribution in [2.75, 3.05) is 0 Å². The minimum atomic E-state index is -0.428. The molecule has 10 aromatic rings. The fourth-order valence-electron chi connectivity index (χ4n) is 7.09. The molecule has 0 bridgehead atoms. The van der Waals surface area contributed by atoms with Gasteiger partial charge in [-0.25, -0.2) is 4.98 Å². The molecule has 0 saturated heterocycles. The van der Waals surface area contributed by atoms with E-state index in [4.69, 9.17) is 21.8 Å². The molecule has 0 unspecified atom stereocenters. The first-order valence-corrected chi connectivity index (χ1v) is 16.4. The van der Waals surface area contributed by atoms with Crippen LogP contribution in [0, 0.1) is 0 Å². The summed E-state index contributed by atoms with van der Waals surface area (Å²) < 4.78 is 46.9. The summed E-state index contributed by atoms with van der Waals surface area (Å²) in [6.45, 7) is 0. The molecule has 0 aliphatic carbocycles. The van der Waals surface area contributed by atoms with Crippen LogP contribution in [0.4, 0.5) is 0 Å². The number of hydrogen-bond acceptors (Lipinski definition) is 3. The first-order chi connectivity index (χ1) is 26.9. The van der Waals surface area contributed by atoms with Gasteiger partial charge in [-0.15, -0.1) is 0 Å². The van der Waals surface area contributed by atoms with Gasteiger partial charge in [-0.3, -0.25) is 4.57 Å². The fraction of sp³-hybridized carbons (Fsp3) is 0. The second-order valence-electron chi connectivity index (χ2n) is 12.1. The molecule has 0 atom stereocenters. The lowest BCUT2D eigenvalue weighted by molar-refractivity contribution is 0.954. The highest BCUT2D eigenvalue weighted by molar-refractivity contribution is 6.18.